The molecule has 2 aromatic heterocycles. The van der Waals surface area contributed by atoms with Crippen LogP contribution in [0.25, 0.3) is 0 Å². The number of carbonyl (C=O) groups is 1. The predicted molar refractivity (Wildman–Crippen MR) is 86.2 cm³/mol. The summed E-state index contributed by atoms with van der Waals surface area (Å²) < 4.78 is 0. The molecule has 0 bridgehead atoms. The van der Waals surface area contributed by atoms with Gasteiger partial charge in [-0.15, -0.1) is 0 Å². The molecule has 2 rings (SSSR count). The van der Waals surface area contributed by atoms with Gasteiger partial charge in [0.15, 0.2) is 0 Å². The van der Waals surface area contributed by atoms with E-state index in [1.54, 1.807) is 6.20 Å². The molecule has 7 nitrogen and oxygen atoms in total. The van der Waals surface area contributed by atoms with Crippen LogP contribution in [0.5, 0.6) is 0 Å². The first-order valence-corrected chi connectivity index (χ1v) is 7.06. The molecular weight excluding hydrogens is 280 g/mol. The average Bonchev–Trinajstić information content (AvgIpc) is 2.43. The van der Waals surface area contributed by atoms with Crippen LogP contribution in [0.3, 0.4) is 0 Å². The quantitative estimate of drug-likeness (QED) is 0.704. The first-order chi connectivity index (χ1) is 10.5. The topological polar surface area (TPSA) is 91.8 Å². The fraction of sp³-hybridized carbons (Fsp3) is 0.333. The average molecular weight is 300 g/mol. The number of nitrogens with one attached hydrogen (secondary N) is 3. The summed E-state index contributed by atoms with van der Waals surface area (Å²) in [7, 11) is 0. The second-order valence-electron chi connectivity index (χ2n) is 4.94. The number of hydrogen-bond donors (Lipinski definition) is 3. The van der Waals surface area contributed by atoms with Crippen LogP contribution >= 0.6 is 0 Å². The van der Waals surface area contributed by atoms with Crippen molar-refractivity contribution in [2.75, 3.05) is 23.7 Å². The third kappa shape index (κ3) is 5.01. The van der Waals surface area contributed by atoms with Crippen LogP contribution in [-0.4, -0.2) is 33.9 Å². The summed E-state index contributed by atoms with van der Waals surface area (Å²) in [5.41, 5.74) is 1.12. The molecule has 0 saturated carbocycles. The van der Waals surface area contributed by atoms with Gasteiger partial charge in [0.2, 0.25) is 5.91 Å². The van der Waals surface area contributed by atoms with E-state index in [0.717, 1.165) is 11.4 Å². The van der Waals surface area contributed by atoms with Gasteiger partial charge in [0.25, 0.3) is 0 Å². The van der Waals surface area contributed by atoms with Crippen molar-refractivity contribution >= 4 is 23.4 Å². The fourth-order valence-corrected chi connectivity index (χ4v) is 1.89. The standard InChI is InChI=1S/C15H20N6O/c1-10-4-5-17-13(8-10)21-15-9-14(19-11(2)20-15)18-7-6-16-12(3)22/h4-5,8-9H,6-7H2,1-3H3,(H,16,22)(H2,17,18,19,20,21). The Morgan fingerprint density at radius 3 is 2.59 bits per heavy atom. The summed E-state index contributed by atoms with van der Waals surface area (Å²) in [5, 5.41) is 9.04. The van der Waals surface area contributed by atoms with E-state index in [1.165, 1.54) is 6.92 Å². The zero-order valence-corrected chi connectivity index (χ0v) is 13.0. The van der Waals surface area contributed by atoms with Crippen LogP contribution < -0.4 is 16.0 Å². The zero-order valence-electron chi connectivity index (χ0n) is 13.0. The second-order valence-corrected chi connectivity index (χ2v) is 4.94. The minimum absolute atomic E-state index is 0.0476. The van der Waals surface area contributed by atoms with Crippen molar-refractivity contribution in [2.24, 2.45) is 0 Å². The molecule has 0 aromatic carbocycles. The van der Waals surface area contributed by atoms with Gasteiger partial charge in [0.05, 0.1) is 0 Å². The Morgan fingerprint density at radius 1 is 1.09 bits per heavy atom. The van der Waals surface area contributed by atoms with E-state index in [2.05, 4.69) is 30.9 Å². The molecule has 116 valence electrons. The molecule has 0 aliphatic carbocycles. The molecule has 3 N–H and O–H groups in total. The maximum absolute atomic E-state index is 10.8. The van der Waals surface area contributed by atoms with E-state index in [1.807, 2.05) is 32.0 Å². The summed E-state index contributed by atoms with van der Waals surface area (Å²) in [6, 6.07) is 5.69. The number of nitrogens with zero attached hydrogens (tertiary/aromatic N) is 3. The molecule has 0 fully saturated rings. The van der Waals surface area contributed by atoms with Gasteiger partial charge in [-0.25, -0.2) is 15.0 Å². The Kier molecular flexibility index (Phi) is 5.24. The fourth-order valence-electron chi connectivity index (χ4n) is 1.89. The molecule has 0 aliphatic rings. The summed E-state index contributed by atoms with van der Waals surface area (Å²) in [6.07, 6.45) is 1.75. The maximum atomic E-state index is 10.8. The van der Waals surface area contributed by atoms with E-state index in [-0.39, 0.29) is 5.91 Å². The maximum Gasteiger partial charge on any atom is 0.216 e. The van der Waals surface area contributed by atoms with Crippen molar-refractivity contribution in [1.29, 1.82) is 0 Å². The summed E-state index contributed by atoms with van der Waals surface area (Å²) in [5.74, 6) is 2.72. The van der Waals surface area contributed by atoms with E-state index >= 15 is 0 Å². The van der Waals surface area contributed by atoms with E-state index in [9.17, 15) is 4.79 Å². The SMILES string of the molecule is CC(=O)NCCNc1cc(Nc2cc(C)ccn2)nc(C)n1. The zero-order chi connectivity index (χ0) is 15.9. The first-order valence-electron chi connectivity index (χ1n) is 7.06. The molecule has 0 atom stereocenters. The van der Waals surface area contributed by atoms with Gasteiger partial charge in [0.1, 0.15) is 23.3 Å². The number of amides is 1. The van der Waals surface area contributed by atoms with Crippen LogP contribution in [-0.2, 0) is 4.79 Å². The van der Waals surface area contributed by atoms with Crippen molar-refractivity contribution < 1.29 is 4.79 Å². The Balaban J connectivity index is 2.01. The highest BCUT2D eigenvalue weighted by molar-refractivity contribution is 5.72. The lowest BCUT2D eigenvalue weighted by Gasteiger charge is -2.10. The number of carbonyl (C=O) groups excluding carboxylic acids is 1. The smallest absolute Gasteiger partial charge is 0.216 e. The van der Waals surface area contributed by atoms with Gasteiger partial charge in [-0.3, -0.25) is 4.79 Å². The van der Waals surface area contributed by atoms with Gasteiger partial charge in [0, 0.05) is 32.3 Å². The highest BCUT2D eigenvalue weighted by Gasteiger charge is 2.03. The number of anilines is 3. The number of rotatable bonds is 6. The summed E-state index contributed by atoms with van der Waals surface area (Å²) in [4.78, 5) is 23.7. The van der Waals surface area contributed by atoms with Crippen LogP contribution in [0, 0.1) is 13.8 Å². The molecule has 0 saturated heterocycles. The van der Waals surface area contributed by atoms with Crippen molar-refractivity contribution in [1.82, 2.24) is 20.3 Å². The summed E-state index contributed by atoms with van der Waals surface area (Å²) in [6.45, 7) is 6.46. The van der Waals surface area contributed by atoms with Gasteiger partial charge in [-0.05, 0) is 31.5 Å². The van der Waals surface area contributed by atoms with E-state index < -0.39 is 0 Å². The lowest BCUT2D eigenvalue weighted by molar-refractivity contribution is -0.118. The van der Waals surface area contributed by atoms with E-state index in [0.29, 0.717) is 30.5 Å². The van der Waals surface area contributed by atoms with Gasteiger partial charge in [-0.1, -0.05) is 0 Å². The molecule has 7 heteroatoms. The van der Waals surface area contributed by atoms with Crippen molar-refractivity contribution in [2.45, 2.75) is 20.8 Å². The minimum Gasteiger partial charge on any atom is -0.368 e. The number of hydrogen-bond acceptors (Lipinski definition) is 6. The second kappa shape index (κ2) is 7.35. The van der Waals surface area contributed by atoms with E-state index in [4.69, 9.17) is 0 Å². The van der Waals surface area contributed by atoms with Crippen LogP contribution in [0.15, 0.2) is 24.4 Å². The third-order valence-electron chi connectivity index (χ3n) is 2.81. The number of aromatic nitrogens is 3. The summed E-state index contributed by atoms with van der Waals surface area (Å²) >= 11 is 0. The molecule has 1 amide bonds. The molecule has 2 aromatic rings. The third-order valence-corrected chi connectivity index (χ3v) is 2.81. The monoisotopic (exact) mass is 300 g/mol. The Labute approximate surface area is 129 Å². The van der Waals surface area contributed by atoms with Crippen LogP contribution in [0.1, 0.15) is 18.3 Å². The number of aryl methyl sites for hydroxylation is 2. The van der Waals surface area contributed by atoms with Crippen molar-refractivity contribution in [3.05, 3.63) is 35.8 Å². The normalized spacial score (nSPS) is 10.1. The Hall–Kier alpha value is -2.70. The molecule has 0 radical (unpaired) electrons. The predicted octanol–water partition coefficient (Wildman–Crippen LogP) is 1.78. The largest absolute Gasteiger partial charge is 0.368 e. The van der Waals surface area contributed by atoms with Crippen molar-refractivity contribution in [3.8, 4) is 0 Å². The van der Waals surface area contributed by atoms with Gasteiger partial charge >= 0.3 is 0 Å². The van der Waals surface area contributed by atoms with Gasteiger partial charge < -0.3 is 16.0 Å². The van der Waals surface area contributed by atoms with Crippen LogP contribution in [0.2, 0.25) is 0 Å². The Morgan fingerprint density at radius 2 is 1.86 bits per heavy atom. The van der Waals surface area contributed by atoms with Gasteiger partial charge in [-0.2, -0.15) is 0 Å². The molecule has 2 heterocycles. The Bertz CT molecular complexity index is 658. The van der Waals surface area contributed by atoms with Crippen LogP contribution in [0.4, 0.5) is 17.5 Å². The highest BCUT2D eigenvalue weighted by Crippen LogP contribution is 2.16. The molecular formula is C15H20N6O. The molecule has 22 heavy (non-hydrogen) atoms. The number of pyridine rings is 1. The lowest BCUT2D eigenvalue weighted by atomic mass is 10.3. The molecule has 0 spiro atoms. The highest BCUT2D eigenvalue weighted by atomic mass is 16.1. The van der Waals surface area contributed by atoms with Crippen molar-refractivity contribution in [3.63, 3.8) is 0 Å². The minimum atomic E-state index is -0.0476. The molecule has 0 unspecified atom stereocenters. The molecule has 0 aliphatic heterocycles. The lowest BCUT2D eigenvalue weighted by Crippen LogP contribution is -2.26. The first kappa shape index (κ1) is 15.7.